The Hall–Kier alpha value is -1.43. The molecule has 23 heavy (non-hydrogen) atoms. The van der Waals surface area contributed by atoms with E-state index in [0.29, 0.717) is 30.5 Å². The summed E-state index contributed by atoms with van der Waals surface area (Å²) in [5, 5.41) is 6.51. The van der Waals surface area contributed by atoms with Crippen LogP contribution in [0.3, 0.4) is 0 Å². The van der Waals surface area contributed by atoms with E-state index in [1.54, 1.807) is 0 Å². The van der Waals surface area contributed by atoms with Crippen LogP contribution < -0.4 is 21.5 Å². The first kappa shape index (κ1) is 16.4. The molecule has 2 aliphatic heterocycles. The fourth-order valence-corrected chi connectivity index (χ4v) is 3.62. The molecule has 5 nitrogen and oxygen atoms in total. The van der Waals surface area contributed by atoms with Gasteiger partial charge in [-0.25, -0.2) is 0 Å². The molecule has 0 aliphatic carbocycles. The maximum absolute atomic E-state index is 12.3. The van der Waals surface area contributed by atoms with Gasteiger partial charge in [-0.1, -0.05) is 12.1 Å². The first-order valence-corrected chi connectivity index (χ1v) is 8.75. The summed E-state index contributed by atoms with van der Waals surface area (Å²) >= 11 is 0. The molecule has 1 aromatic carbocycles. The summed E-state index contributed by atoms with van der Waals surface area (Å²) in [6, 6.07) is 8.86. The summed E-state index contributed by atoms with van der Waals surface area (Å²) in [4.78, 5) is 12.3. The number of amides is 1. The van der Waals surface area contributed by atoms with Gasteiger partial charge in [0.15, 0.2) is 0 Å². The maximum atomic E-state index is 12.3. The lowest BCUT2D eigenvalue weighted by Gasteiger charge is -2.23. The fourth-order valence-electron chi connectivity index (χ4n) is 3.62. The highest BCUT2D eigenvalue weighted by Crippen LogP contribution is 2.23. The zero-order chi connectivity index (χ0) is 16.2. The van der Waals surface area contributed by atoms with Crippen LogP contribution in [0.15, 0.2) is 24.3 Å². The van der Waals surface area contributed by atoms with Gasteiger partial charge in [0.2, 0.25) is 0 Å². The highest BCUT2D eigenvalue weighted by molar-refractivity contribution is 5.94. The molecule has 2 fully saturated rings. The van der Waals surface area contributed by atoms with Gasteiger partial charge in [-0.15, -0.1) is 0 Å². The summed E-state index contributed by atoms with van der Waals surface area (Å²) in [5.74, 6) is 1.01. The lowest BCUT2D eigenvalue weighted by Crippen LogP contribution is -2.37. The Labute approximate surface area is 138 Å². The summed E-state index contributed by atoms with van der Waals surface area (Å²) in [5.41, 5.74) is 8.52. The highest BCUT2D eigenvalue weighted by atomic mass is 16.1. The van der Waals surface area contributed by atoms with Gasteiger partial charge in [0.1, 0.15) is 0 Å². The van der Waals surface area contributed by atoms with Gasteiger partial charge in [-0.05, 0) is 56.8 Å². The highest BCUT2D eigenvalue weighted by Gasteiger charge is 2.29. The summed E-state index contributed by atoms with van der Waals surface area (Å²) < 4.78 is 0. The second kappa shape index (κ2) is 7.43. The van der Waals surface area contributed by atoms with E-state index >= 15 is 0 Å². The smallest absolute Gasteiger partial charge is 0.251 e. The molecule has 5 heteroatoms. The van der Waals surface area contributed by atoms with Crippen molar-refractivity contribution in [1.29, 1.82) is 0 Å². The molecule has 0 saturated carbocycles. The van der Waals surface area contributed by atoms with Crippen LogP contribution in [0.4, 0.5) is 0 Å². The van der Waals surface area contributed by atoms with Crippen molar-refractivity contribution in [2.75, 3.05) is 19.6 Å². The Morgan fingerprint density at radius 3 is 2.48 bits per heavy atom. The number of carbonyl (C=O) groups is 1. The molecule has 2 heterocycles. The Morgan fingerprint density at radius 1 is 1.17 bits per heavy atom. The van der Waals surface area contributed by atoms with Crippen molar-refractivity contribution >= 4 is 5.91 Å². The molecular weight excluding hydrogens is 288 g/mol. The van der Waals surface area contributed by atoms with Gasteiger partial charge in [0, 0.05) is 36.7 Å². The van der Waals surface area contributed by atoms with Crippen LogP contribution in [0.2, 0.25) is 0 Å². The number of piperidine rings is 1. The number of rotatable bonds is 4. The number of carbonyl (C=O) groups excluding carboxylic acids is 1. The van der Waals surface area contributed by atoms with Gasteiger partial charge in [-0.2, -0.15) is 0 Å². The van der Waals surface area contributed by atoms with Gasteiger partial charge >= 0.3 is 0 Å². The SMILES string of the molecule is CC1NNC(C)C1CNC(=O)c1ccc(C2CCCNC2)cc1. The van der Waals surface area contributed by atoms with Crippen molar-refractivity contribution in [2.24, 2.45) is 5.92 Å². The maximum Gasteiger partial charge on any atom is 0.251 e. The molecule has 3 unspecified atom stereocenters. The van der Waals surface area contributed by atoms with Gasteiger partial charge < -0.3 is 10.6 Å². The molecule has 2 saturated heterocycles. The van der Waals surface area contributed by atoms with Crippen LogP contribution >= 0.6 is 0 Å². The minimum atomic E-state index is 0.0182. The molecule has 4 N–H and O–H groups in total. The quantitative estimate of drug-likeness (QED) is 0.678. The topological polar surface area (TPSA) is 65.2 Å². The van der Waals surface area contributed by atoms with E-state index in [1.165, 1.54) is 18.4 Å². The average molecular weight is 316 g/mol. The minimum absolute atomic E-state index is 0.0182. The Morgan fingerprint density at radius 2 is 1.87 bits per heavy atom. The third kappa shape index (κ3) is 3.91. The predicted octanol–water partition coefficient (Wildman–Crippen LogP) is 1.38. The molecule has 0 bridgehead atoms. The molecule has 1 aromatic rings. The van der Waals surface area contributed by atoms with Crippen LogP contribution in [0.1, 0.15) is 48.5 Å². The third-order valence-electron chi connectivity index (χ3n) is 5.26. The lowest BCUT2D eigenvalue weighted by molar-refractivity contribution is 0.0945. The zero-order valence-electron chi connectivity index (χ0n) is 14.1. The van der Waals surface area contributed by atoms with E-state index < -0.39 is 0 Å². The Bertz CT molecular complexity index is 514. The van der Waals surface area contributed by atoms with Crippen molar-refractivity contribution < 1.29 is 4.79 Å². The Balaban J connectivity index is 1.55. The number of benzene rings is 1. The Kier molecular flexibility index (Phi) is 5.30. The first-order chi connectivity index (χ1) is 11.1. The summed E-state index contributed by atoms with van der Waals surface area (Å²) in [6.07, 6.45) is 2.46. The van der Waals surface area contributed by atoms with Gasteiger partial charge in [0.25, 0.3) is 5.91 Å². The summed E-state index contributed by atoms with van der Waals surface area (Å²) in [7, 11) is 0. The predicted molar refractivity (Wildman–Crippen MR) is 92.3 cm³/mol. The molecule has 2 aliphatic rings. The first-order valence-electron chi connectivity index (χ1n) is 8.75. The molecule has 0 aromatic heterocycles. The van der Waals surface area contributed by atoms with Crippen LogP contribution in [0, 0.1) is 5.92 Å². The van der Waals surface area contributed by atoms with E-state index in [1.807, 2.05) is 12.1 Å². The molecule has 0 radical (unpaired) electrons. The molecule has 3 rings (SSSR count). The van der Waals surface area contributed by atoms with Crippen molar-refractivity contribution in [2.45, 2.75) is 44.7 Å². The summed E-state index contributed by atoms with van der Waals surface area (Å²) in [6.45, 7) is 7.14. The molecule has 1 amide bonds. The fraction of sp³-hybridized carbons (Fsp3) is 0.611. The molecule has 126 valence electrons. The van der Waals surface area contributed by atoms with E-state index in [2.05, 4.69) is 47.5 Å². The van der Waals surface area contributed by atoms with Gasteiger partial charge in [0.05, 0.1) is 0 Å². The lowest BCUT2D eigenvalue weighted by atomic mass is 9.91. The number of hydrogen-bond acceptors (Lipinski definition) is 4. The van der Waals surface area contributed by atoms with E-state index in [-0.39, 0.29) is 5.91 Å². The standard InChI is InChI=1S/C18H28N4O/c1-12-17(13(2)22-21-12)11-20-18(23)15-7-5-14(6-8-15)16-4-3-9-19-10-16/h5-8,12-13,16-17,19,21-22H,3-4,9-11H2,1-2H3,(H,20,23). The molecule has 0 spiro atoms. The third-order valence-corrected chi connectivity index (χ3v) is 5.26. The normalized spacial score (nSPS) is 31.0. The molecule has 3 atom stereocenters. The second-order valence-electron chi connectivity index (χ2n) is 6.91. The van der Waals surface area contributed by atoms with E-state index in [0.717, 1.165) is 18.7 Å². The second-order valence-corrected chi connectivity index (χ2v) is 6.91. The number of nitrogens with one attached hydrogen (secondary N) is 4. The van der Waals surface area contributed by atoms with Crippen LogP contribution in [0.5, 0.6) is 0 Å². The van der Waals surface area contributed by atoms with Crippen molar-refractivity contribution in [1.82, 2.24) is 21.5 Å². The van der Waals surface area contributed by atoms with Crippen LogP contribution in [0.25, 0.3) is 0 Å². The number of hydrazine groups is 1. The number of hydrogen-bond donors (Lipinski definition) is 4. The molecular formula is C18H28N4O. The average Bonchev–Trinajstić information content (AvgIpc) is 2.92. The van der Waals surface area contributed by atoms with Crippen LogP contribution in [-0.2, 0) is 0 Å². The monoisotopic (exact) mass is 316 g/mol. The van der Waals surface area contributed by atoms with Crippen LogP contribution in [-0.4, -0.2) is 37.6 Å². The zero-order valence-corrected chi connectivity index (χ0v) is 14.1. The minimum Gasteiger partial charge on any atom is -0.352 e. The van der Waals surface area contributed by atoms with Crippen molar-refractivity contribution in [3.63, 3.8) is 0 Å². The largest absolute Gasteiger partial charge is 0.352 e. The van der Waals surface area contributed by atoms with Gasteiger partial charge in [-0.3, -0.25) is 15.6 Å². The van der Waals surface area contributed by atoms with Crippen molar-refractivity contribution in [3.05, 3.63) is 35.4 Å². The van der Waals surface area contributed by atoms with E-state index in [4.69, 9.17) is 0 Å². The van der Waals surface area contributed by atoms with Crippen molar-refractivity contribution in [3.8, 4) is 0 Å². The van der Waals surface area contributed by atoms with E-state index in [9.17, 15) is 4.79 Å².